The van der Waals surface area contributed by atoms with Crippen molar-refractivity contribution in [1.82, 2.24) is 10.2 Å². The van der Waals surface area contributed by atoms with Gasteiger partial charge in [0.1, 0.15) is 11.6 Å². The average molecular weight is 237 g/mol. The molecule has 1 aromatic heterocycles. The molecule has 2 N–H and O–H groups in total. The molecular weight excluding hydrogens is 228 g/mol. The number of anilines is 1. The number of hydrogen-bond acceptors (Lipinski definition) is 4. The maximum atomic E-state index is 13.7. The molecule has 0 bridgehead atoms. The monoisotopic (exact) mass is 237 g/mol. The summed E-state index contributed by atoms with van der Waals surface area (Å²) in [5, 5.41) is 7.26. The quantitative estimate of drug-likeness (QED) is 0.867. The summed E-state index contributed by atoms with van der Waals surface area (Å²) in [6, 6.07) is 4.90. The number of rotatable bonds is 2. The van der Waals surface area contributed by atoms with Gasteiger partial charge in [0, 0.05) is 11.6 Å². The van der Waals surface area contributed by atoms with Crippen LogP contribution in [0.3, 0.4) is 0 Å². The van der Waals surface area contributed by atoms with Crippen molar-refractivity contribution in [2.45, 2.75) is 0 Å². The highest BCUT2D eigenvalue weighted by atomic mass is 19.1. The Morgan fingerprint density at radius 3 is 2.47 bits per heavy atom. The second kappa shape index (κ2) is 4.32. The van der Waals surface area contributed by atoms with E-state index in [1.54, 1.807) is 0 Å². The predicted molar refractivity (Wildman–Crippen MR) is 58.3 cm³/mol. The average Bonchev–Trinajstić information content (AvgIpc) is 2.33. The minimum Gasteiger partial charge on any atom is -0.494 e. The van der Waals surface area contributed by atoms with Crippen LogP contribution in [0.2, 0.25) is 0 Å². The molecule has 0 aliphatic heterocycles. The fraction of sp³-hybridized carbons (Fsp3) is 0.0909. The first-order valence-electron chi connectivity index (χ1n) is 4.74. The second-order valence-corrected chi connectivity index (χ2v) is 3.31. The molecule has 0 amide bonds. The molecular formula is C11H9F2N3O. The standard InChI is InChI=1S/C11H9F2N3O/c1-17-10-5-7(12)6(4-8(10)13)9-2-3-11(14)16-15-9/h2-5H,1H3,(H2,14,16). The third-order valence-corrected chi connectivity index (χ3v) is 2.20. The highest BCUT2D eigenvalue weighted by Crippen LogP contribution is 2.27. The van der Waals surface area contributed by atoms with Gasteiger partial charge in [-0.05, 0) is 18.2 Å². The molecule has 0 saturated heterocycles. The maximum absolute atomic E-state index is 13.7. The van der Waals surface area contributed by atoms with Crippen molar-refractivity contribution in [3.05, 3.63) is 35.9 Å². The number of nitrogen functional groups attached to an aromatic ring is 1. The van der Waals surface area contributed by atoms with E-state index in [1.807, 2.05) is 0 Å². The highest BCUT2D eigenvalue weighted by molar-refractivity contribution is 5.61. The van der Waals surface area contributed by atoms with Crippen molar-refractivity contribution >= 4 is 5.82 Å². The van der Waals surface area contributed by atoms with E-state index in [9.17, 15) is 8.78 Å². The van der Waals surface area contributed by atoms with Crippen LogP contribution < -0.4 is 10.5 Å². The Morgan fingerprint density at radius 2 is 1.88 bits per heavy atom. The fourth-order valence-electron chi connectivity index (χ4n) is 1.37. The number of nitrogens with zero attached hydrogens (tertiary/aromatic N) is 2. The summed E-state index contributed by atoms with van der Waals surface area (Å²) in [4.78, 5) is 0. The van der Waals surface area contributed by atoms with E-state index in [-0.39, 0.29) is 22.8 Å². The summed E-state index contributed by atoms with van der Waals surface area (Å²) in [6.45, 7) is 0. The lowest BCUT2D eigenvalue weighted by Crippen LogP contribution is -1.97. The third-order valence-electron chi connectivity index (χ3n) is 2.20. The van der Waals surface area contributed by atoms with Gasteiger partial charge in [-0.15, -0.1) is 10.2 Å². The molecule has 0 saturated carbocycles. The summed E-state index contributed by atoms with van der Waals surface area (Å²) in [5.41, 5.74) is 5.57. The van der Waals surface area contributed by atoms with Gasteiger partial charge in [-0.1, -0.05) is 0 Å². The van der Waals surface area contributed by atoms with E-state index in [0.717, 1.165) is 12.1 Å². The van der Waals surface area contributed by atoms with Gasteiger partial charge in [0.25, 0.3) is 0 Å². The zero-order chi connectivity index (χ0) is 12.4. The molecule has 0 aliphatic carbocycles. The molecule has 0 atom stereocenters. The maximum Gasteiger partial charge on any atom is 0.165 e. The molecule has 2 rings (SSSR count). The van der Waals surface area contributed by atoms with E-state index in [2.05, 4.69) is 14.9 Å². The van der Waals surface area contributed by atoms with Gasteiger partial charge in [0.05, 0.1) is 12.8 Å². The Kier molecular flexibility index (Phi) is 2.86. The molecule has 17 heavy (non-hydrogen) atoms. The lowest BCUT2D eigenvalue weighted by atomic mass is 10.1. The highest BCUT2D eigenvalue weighted by Gasteiger charge is 2.13. The fourth-order valence-corrected chi connectivity index (χ4v) is 1.37. The molecule has 0 spiro atoms. The van der Waals surface area contributed by atoms with Crippen molar-refractivity contribution in [2.24, 2.45) is 0 Å². The van der Waals surface area contributed by atoms with Crippen molar-refractivity contribution in [3.63, 3.8) is 0 Å². The van der Waals surface area contributed by atoms with Gasteiger partial charge in [-0.3, -0.25) is 0 Å². The van der Waals surface area contributed by atoms with Crippen LogP contribution >= 0.6 is 0 Å². The first-order valence-corrected chi connectivity index (χ1v) is 4.74. The van der Waals surface area contributed by atoms with Crippen molar-refractivity contribution in [1.29, 1.82) is 0 Å². The normalized spacial score (nSPS) is 10.3. The molecule has 0 aliphatic rings. The Bertz CT molecular complexity index is 543. The zero-order valence-corrected chi connectivity index (χ0v) is 8.95. The number of nitrogens with two attached hydrogens (primary N) is 1. The Morgan fingerprint density at radius 1 is 1.12 bits per heavy atom. The van der Waals surface area contributed by atoms with Crippen LogP contribution in [0.4, 0.5) is 14.6 Å². The van der Waals surface area contributed by atoms with Gasteiger partial charge < -0.3 is 10.5 Å². The van der Waals surface area contributed by atoms with E-state index < -0.39 is 11.6 Å². The van der Waals surface area contributed by atoms with Gasteiger partial charge >= 0.3 is 0 Å². The zero-order valence-electron chi connectivity index (χ0n) is 8.95. The number of ether oxygens (including phenoxy) is 1. The summed E-state index contributed by atoms with van der Waals surface area (Å²) < 4.78 is 31.8. The summed E-state index contributed by atoms with van der Waals surface area (Å²) >= 11 is 0. The van der Waals surface area contributed by atoms with Gasteiger partial charge in [-0.2, -0.15) is 0 Å². The Labute approximate surface area is 96.0 Å². The molecule has 0 unspecified atom stereocenters. The van der Waals surface area contributed by atoms with E-state index in [1.165, 1.54) is 19.2 Å². The minimum absolute atomic E-state index is 0.0100. The van der Waals surface area contributed by atoms with Crippen molar-refractivity contribution in [3.8, 4) is 17.0 Å². The van der Waals surface area contributed by atoms with Crippen LogP contribution in [0.1, 0.15) is 0 Å². The van der Waals surface area contributed by atoms with E-state index in [4.69, 9.17) is 5.73 Å². The number of benzene rings is 1. The predicted octanol–water partition coefficient (Wildman–Crippen LogP) is 2.01. The largest absolute Gasteiger partial charge is 0.494 e. The molecule has 6 heteroatoms. The minimum atomic E-state index is -0.664. The molecule has 2 aromatic rings. The SMILES string of the molecule is COc1cc(F)c(-c2ccc(N)nn2)cc1F. The van der Waals surface area contributed by atoms with E-state index >= 15 is 0 Å². The molecule has 0 fully saturated rings. The van der Waals surface area contributed by atoms with Crippen LogP contribution in [-0.2, 0) is 0 Å². The van der Waals surface area contributed by atoms with Crippen LogP contribution in [0.25, 0.3) is 11.3 Å². The van der Waals surface area contributed by atoms with Crippen LogP contribution in [0.5, 0.6) is 5.75 Å². The van der Waals surface area contributed by atoms with Crippen LogP contribution in [0, 0.1) is 11.6 Å². The smallest absolute Gasteiger partial charge is 0.165 e. The lowest BCUT2D eigenvalue weighted by Gasteiger charge is -2.06. The topological polar surface area (TPSA) is 61.0 Å². The van der Waals surface area contributed by atoms with Crippen molar-refractivity contribution < 1.29 is 13.5 Å². The third kappa shape index (κ3) is 2.15. The first kappa shape index (κ1) is 11.3. The van der Waals surface area contributed by atoms with Gasteiger partial charge in [0.15, 0.2) is 11.6 Å². The summed E-state index contributed by atoms with van der Waals surface area (Å²) in [6.07, 6.45) is 0. The van der Waals surface area contributed by atoms with Gasteiger partial charge in [-0.25, -0.2) is 8.78 Å². The van der Waals surface area contributed by atoms with Gasteiger partial charge in [0.2, 0.25) is 0 Å². The Hall–Kier alpha value is -2.24. The number of aromatic nitrogens is 2. The molecule has 1 heterocycles. The number of halogens is 2. The van der Waals surface area contributed by atoms with E-state index in [0.29, 0.717) is 0 Å². The lowest BCUT2D eigenvalue weighted by molar-refractivity contribution is 0.383. The molecule has 88 valence electrons. The molecule has 1 aromatic carbocycles. The number of methoxy groups -OCH3 is 1. The molecule has 4 nitrogen and oxygen atoms in total. The first-order chi connectivity index (χ1) is 8.11. The summed E-state index contributed by atoms with van der Waals surface area (Å²) in [7, 11) is 1.26. The summed E-state index contributed by atoms with van der Waals surface area (Å²) in [5.74, 6) is -1.25. The van der Waals surface area contributed by atoms with Crippen LogP contribution in [0.15, 0.2) is 24.3 Å². The second-order valence-electron chi connectivity index (χ2n) is 3.31. The molecule has 0 radical (unpaired) electrons. The van der Waals surface area contributed by atoms with Crippen molar-refractivity contribution in [2.75, 3.05) is 12.8 Å². The van der Waals surface area contributed by atoms with Crippen LogP contribution in [-0.4, -0.2) is 17.3 Å². The number of hydrogen-bond donors (Lipinski definition) is 1. The Balaban J connectivity index is 2.52.